The summed E-state index contributed by atoms with van der Waals surface area (Å²) in [6.07, 6.45) is 0. The first-order valence-corrected chi connectivity index (χ1v) is 11.1. The topological polar surface area (TPSA) is 92.3 Å². The van der Waals surface area contributed by atoms with E-state index in [2.05, 4.69) is 10.6 Å². The molecule has 154 valence electrons. The van der Waals surface area contributed by atoms with Crippen LogP contribution in [0.1, 0.15) is 33.2 Å². The van der Waals surface area contributed by atoms with E-state index >= 15 is 0 Å². The first-order chi connectivity index (χ1) is 14.3. The minimum Gasteiger partial charge on any atom is -0.322 e. The molecule has 3 aromatic rings. The van der Waals surface area contributed by atoms with Crippen LogP contribution in [0.4, 0.5) is 11.4 Å². The van der Waals surface area contributed by atoms with Crippen LogP contribution in [-0.2, 0) is 9.84 Å². The van der Waals surface area contributed by atoms with Crippen LogP contribution < -0.4 is 10.6 Å². The van der Waals surface area contributed by atoms with Crippen molar-refractivity contribution in [3.05, 3.63) is 89.5 Å². The quantitative estimate of drug-likeness (QED) is 0.620. The van der Waals surface area contributed by atoms with Crippen LogP contribution in [0, 0.1) is 6.92 Å². The average Bonchev–Trinajstić information content (AvgIpc) is 2.74. The molecule has 0 aliphatic heterocycles. The second kappa shape index (κ2) is 8.92. The summed E-state index contributed by atoms with van der Waals surface area (Å²) >= 11 is 0. The monoisotopic (exact) mass is 422 g/mol. The van der Waals surface area contributed by atoms with Gasteiger partial charge < -0.3 is 10.6 Å². The van der Waals surface area contributed by atoms with Crippen molar-refractivity contribution in [2.24, 2.45) is 0 Å². The van der Waals surface area contributed by atoms with Crippen LogP contribution >= 0.6 is 0 Å². The number of sulfone groups is 1. The standard InChI is InChI=1S/C23H22N2O4S/c1-3-30(28,29)19-13-11-17(12-14-19)22(26)25-21-10-5-4-9-20(21)23(27)24-18-8-6-7-16(2)15-18/h4-15H,3H2,1-2H3,(H,24,27)(H,25,26). The number of aryl methyl sites for hydroxylation is 1. The molecule has 0 bridgehead atoms. The Morgan fingerprint density at radius 1 is 0.833 bits per heavy atom. The molecule has 6 nitrogen and oxygen atoms in total. The summed E-state index contributed by atoms with van der Waals surface area (Å²) in [5, 5.41) is 5.55. The van der Waals surface area contributed by atoms with Crippen LogP contribution in [0.3, 0.4) is 0 Å². The van der Waals surface area contributed by atoms with Crippen molar-refractivity contribution in [3.8, 4) is 0 Å². The lowest BCUT2D eigenvalue weighted by molar-refractivity contribution is 0.102. The van der Waals surface area contributed by atoms with Gasteiger partial charge in [-0.25, -0.2) is 8.42 Å². The molecule has 0 aromatic heterocycles. The molecular weight excluding hydrogens is 400 g/mol. The lowest BCUT2D eigenvalue weighted by atomic mass is 10.1. The zero-order valence-corrected chi connectivity index (χ0v) is 17.5. The third-order valence-electron chi connectivity index (χ3n) is 4.55. The first-order valence-electron chi connectivity index (χ1n) is 9.41. The highest BCUT2D eigenvalue weighted by atomic mass is 32.2. The van der Waals surface area contributed by atoms with Crippen molar-refractivity contribution in [2.45, 2.75) is 18.7 Å². The summed E-state index contributed by atoms with van der Waals surface area (Å²) in [5.74, 6) is -0.797. The number of hydrogen-bond donors (Lipinski definition) is 2. The molecule has 0 spiro atoms. The van der Waals surface area contributed by atoms with Gasteiger partial charge in [-0.1, -0.05) is 31.2 Å². The zero-order chi connectivity index (χ0) is 21.7. The summed E-state index contributed by atoms with van der Waals surface area (Å²) in [5.41, 5.74) is 2.64. The van der Waals surface area contributed by atoms with E-state index in [1.807, 2.05) is 25.1 Å². The number of carbonyl (C=O) groups excluding carboxylic acids is 2. The van der Waals surface area contributed by atoms with E-state index in [1.54, 1.807) is 37.3 Å². The van der Waals surface area contributed by atoms with E-state index in [0.717, 1.165) is 5.56 Å². The van der Waals surface area contributed by atoms with Gasteiger partial charge in [0.1, 0.15) is 0 Å². The molecule has 0 unspecified atom stereocenters. The van der Waals surface area contributed by atoms with Crippen LogP contribution in [-0.4, -0.2) is 26.0 Å². The number of carbonyl (C=O) groups is 2. The van der Waals surface area contributed by atoms with Crippen molar-refractivity contribution in [1.82, 2.24) is 0 Å². The van der Waals surface area contributed by atoms with Crippen molar-refractivity contribution in [3.63, 3.8) is 0 Å². The minimum absolute atomic E-state index is 0.0119. The predicted octanol–water partition coefficient (Wildman–Crippen LogP) is 4.29. The Morgan fingerprint density at radius 3 is 2.20 bits per heavy atom. The number of benzene rings is 3. The summed E-state index contributed by atoms with van der Waals surface area (Å²) in [6, 6.07) is 19.8. The summed E-state index contributed by atoms with van der Waals surface area (Å²) in [6.45, 7) is 3.50. The fraction of sp³-hybridized carbons (Fsp3) is 0.130. The highest BCUT2D eigenvalue weighted by Crippen LogP contribution is 2.20. The van der Waals surface area contributed by atoms with Crippen molar-refractivity contribution < 1.29 is 18.0 Å². The van der Waals surface area contributed by atoms with Gasteiger partial charge in [-0.15, -0.1) is 0 Å². The number of rotatable bonds is 6. The molecule has 2 amide bonds. The molecule has 0 heterocycles. The van der Waals surface area contributed by atoms with Gasteiger partial charge in [-0.3, -0.25) is 9.59 Å². The highest BCUT2D eigenvalue weighted by molar-refractivity contribution is 7.91. The molecule has 0 aliphatic rings. The Labute approximate surface area is 175 Å². The SMILES string of the molecule is CCS(=O)(=O)c1ccc(C(=O)Nc2ccccc2C(=O)Nc2cccc(C)c2)cc1. The zero-order valence-electron chi connectivity index (χ0n) is 16.7. The third kappa shape index (κ3) is 4.93. The average molecular weight is 423 g/mol. The smallest absolute Gasteiger partial charge is 0.257 e. The van der Waals surface area contributed by atoms with Crippen LogP contribution in [0.2, 0.25) is 0 Å². The van der Waals surface area contributed by atoms with E-state index in [0.29, 0.717) is 22.5 Å². The summed E-state index contributed by atoms with van der Waals surface area (Å²) < 4.78 is 23.8. The van der Waals surface area contributed by atoms with Crippen molar-refractivity contribution in [2.75, 3.05) is 16.4 Å². The molecular formula is C23H22N2O4S. The van der Waals surface area contributed by atoms with Gasteiger partial charge in [0.2, 0.25) is 0 Å². The molecule has 0 saturated carbocycles. The maximum Gasteiger partial charge on any atom is 0.257 e. The lowest BCUT2D eigenvalue weighted by Crippen LogP contribution is -2.18. The molecule has 7 heteroatoms. The number of nitrogens with one attached hydrogen (secondary N) is 2. The second-order valence-electron chi connectivity index (χ2n) is 6.75. The minimum atomic E-state index is -3.34. The Morgan fingerprint density at radius 2 is 1.53 bits per heavy atom. The van der Waals surface area contributed by atoms with E-state index in [9.17, 15) is 18.0 Å². The van der Waals surface area contributed by atoms with Gasteiger partial charge in [0.15, 0.2) is 9.84 Å². The number of hydrogen-bond acceptors (Lipinski definition) is 4. The van der Waals surface area contributed by atoms with E-state index < -0.39 is 15.7 Å². The molecule has 2 N–H and O–H groups in total. The second-order valence-corrected chi connectivity index (χ2v) is 9.03. The van der Waals surface area contributed by atoms with Crippen molar-refractivity contribution >= 4 is 33.0 Å². The van der Waals surface area contributed by atoms with Gasteiger partial charge in [-0.2, -0.15) is 0 Å². The fourth-order valence-electron chi connectivity index (χ4n) is 2.89. The Hall–Kier alpha value is -3.45. The molecule has 0 atom stereocenters. The number of amides is 2. The van der Waals surface area contributed by atoms with Crippen LogP contribution in [0.5, 0.6) is 0 Å². The molecule has 0 radical (unpaired) electrons. The van der Waals surface area contributed by atoms with Gasteiger partial charge >= 0.3 is 0 Å². The maximum absolute atomic E-state index is 12.7. The lowest BCUT2D eigenvalue weighted by Gasteiger charge is -2.12. The van der Waals surface area contributed by atoms with E-state index in [4.69, 9.17) is 0 Å². The van der Waals surface area contributed by atoms with Gasteiger partial charge in [0.25, 0.3) is 11.8 Å². The predicted molar refractivity (Wildman–Crippen MR) is 118 cm³/mol. The molecule has 0 saturated heterocycles. The Balaban J connectivity index is 1.79. The molecule has 0 aliphatic carbocycles. The molecule has 3 aromatic carbocycles. The molecule has 3 rings (SSSR count). The number of para-hydroxylation sites is 1. The van der Waals surface area contributed by atoms with E-state index in [-0.39, 0.29) is 16.6 Å². The number of anilines is 2. The van der Waals surface area contributed by atoms with Gasteiger partial charge in [-0.05, 0) is 61.0 Å². The van der Waals surface area contributed by atoms with Crippen molar-refractivity contribution in [1.29, 1.82) is 0 Å². The summed E-state index contributed by atoms with van der Waals surface area (Å²) in [4.78, 5) is 25.5. The van der Waals surface area contributed by atoms with Crippen LogP contribution in [0.25, 0.3) is 0 Å². The Bertz CT molecular complexity index is 1190. The van der Waals surface area contributed by atoms with Gasteiger partial charge in [0.05, 0.1) is 21.9 Å². The molecule has 30 heavy (non-hydrogen) atoms. The first kappa shape index (κ1) is 21.3. The fourth-order valence-corrected chi connectivity index (χ4v) is 3.77. The molecule has 0 fully saturated rings. The maximum atomic E-state index is 12.7. The normalized spacial score (nSPS) is 11.0. The Kier molecular flexibility index (Phi) is 6.32. The largest absolute Gasteiger partial charge is 0.322 e. The summed E-state index contributed by atoms with van der Waals surface area (Å²) in [7, 11) is -3.34. The van der Waals surface area contributed by atoms with E-state index in [1.165, 1.54) is 24.3 Å². The van der Waals surface area contributed by atoms with Crippen LogP contribution in [0.15, 0.2) is 77.7 Å². The third-order valence-corrected chi connectivity index (χ3v) is 6.30. The highest BCUT2D eigenvalue weighted by Gasteiger charge is 2.16. The van der Waals surface area contributed by atoms with Gasteiger partial charge in [0, 0.05) is 11.3 Å².